The van der Waals surface area contributed by atoms with Gasteiger partial charge in [0, 0.05) is 32.0 Å². The molecule has 0 radical (unpaired) electrons. The van der Waals surface area contributed by atoms with Crippen molar-refractivity contribution in [3.63, 3.8) is 0 Å². The van der Waals surface area contributed by atoms with Gasteiger partial charge in [0.05, 0.1) is 13.2 Å². The van der Waals surface area contributed by atoms with Crippen LogP contribution in [0.25, 0.3) is 0 Å². The van der Waals surface area contributed by atoms with Crippen LogP contribution in [0.3, 0.4) is 0 Å². The monoisotopic (exact) mass is 331 g/mol. The van der Waals surface area contributed by atoms with Crippen molar-refractivity contribution in [2.45, 2.75) is 6.54 Å². The molecule has 2 rings (SSSR count). The van der Waals surface area contributed by atoms with E-state index in [-0.39, 0.29) is 0 Å². The first kappa shape index (κ1) is 18.1. The molecule has 0 atom stereocenters. The Kier molecular flexibility index (Phi) is 7.93. The number of rotatable bonds is 11. The molecule has 0 unspecified atom stereocenters. The Labute approximate surface area is 143 Å². The summed E-state index contributed by atoms with van der Waals surface area (Å²) in [5.74, 6) is 1.71. The summed E-state index contributed by atoms with van der Waals surface area (Å²) in [6, 6.07) is 15.9. The van der Waals surface area contributed by atoms with Gasteiger partial charge in [0.15, 0.2) is 0 Å². The molecule has 2 aromatic rings. The van der Waals surface area contributed by atoms with E-state index >= 15 is 0 Å². The molecule has 0 aliphatic heterocycles. The summed E-state index contributed by atoms with van der Waals surface area (Å²) in [4.78, 5) is 0. The van der Waals surface area contributed by atoms with Crippen LogP contribution < -0.4 is 14.8 Å². The molecule has 130 valence electrons. The Balaban J connectivity index is 1.86. The van der Waals surface area contributed by atoms with Crippen molar-refractivity contribution in [3.05, 3.63) is 54.1 Å². The molecule has 0 fully saturated rings. The van der Waals surface area contributed by atoms with Crippen LogP contribution in [-0.2, 0) is 16.0 Å². The number of anilines is 1. The molecule has 0 saturated carbocycles. The highest BCUT2D eigenvalue weighted by Gasteiger charge is 2.03. The van der Waals surface area contributed by atoms with Crippen LogP contribution in [0.1, 0.15) is 5.56 Å². The molecule has 0 aliphatic carbocycles. The second-order valence-electron chi connectivity index (χ2n) is 5.17. The zero-order chi connectivity index (χ0) is 17.0. The van der Waals surface area contributed by atoms with Crippen molar-refractivity contribution in [2.75, 3.05) is 46.0 Å². The van der Waals surface area contributed by atoms with E-state index in [1.807, 2.05) is 42.5 Å². The van der Waals surface area contributed by atoms with Crippen molar-refractivity contribution in [1.29, 1.82) is 0 Å². The van der Waals surface area contributed by atoms with E-state index in [0.717, 1.165) is 22.7 Å². The molecule has 0 spiro atoms. The van der Waals surface area contributed by atoms with E-state index in [0.29, 0.717) is 33.0 Å². The van der Waals surface area contributed by atoms with Gasteiger partial charge in [0.25, 0.3) is 0 Å². The van der Waals surface area contributed by atoms with E-state index in [4.69, 9.17) is 18.9 Å². The SMILES string of the molecule is COCCOc1ccc(NCc2ccccc2OCCOC)cc1. The Hall–Kier alpha value is -2.24. The third kappa shape index (κ3) is 6.10. The summed E-state index contributed by atoms with van der Waals surface area (Å²) in [7, 11) is 3.33. The third-order valence-electron chi connectivity index (χ3n) is 3.41. The molecule has 0 aromatic heterocycles. The fourth-order valence-corrected chi connectivity index (χ4v) is 2.13. The van der Waals surface area contributed by atoms with Gasteiger partial charge in [0.2, 0.25) is 0 Å². The molecule has 5 heteroatoms. The van der Waals surface area contributed by atoms with E-state index in [1.54, 1.807) is 14.2 Å². The molecule has 0 saturated heterocycles. The first-order valence-corrected chi connectivity index (χ1v) is 7.99. The lowest BCUT2D eigenvalue weighted by atomic mass is 10.2. The van der Waals surface area contributed by atoms with Crippen molar-refractivity contribution in [2.24, 2.45) is 0 Å². The summed E-state index contributed by atoms with van der Waals surface area (Å²) in [5.41, 5.74) is 2.13. The summed E-state index contributed by atoms with van der Waals surface area (Å²) < 4.78 is 21.3. The lowest BCUT2D eigenvalue weighted by Gasteiger charge is -2.13. The van der Waals surface area contributed by atoms with Gasteiger partial charge in [-0.3, -0.25) is 0 Å². The normalized spacial score (nSPS) is 10.4. The van der Waals surface area contributed by atoms with Gasteiger partial charge in [-0.2, -0.15) is 0 Å². The number of hydrogen-bond acceptors (Lipinski definition) is 5. The van der Waals surface area contributed by atoms with Crippen LogP contribution in [0.15, 0.2) is 48.5 Å². The van der Waals surface area contributed by atoms with Crippen LogP contribution in [0.2, 0.25) is 0 Å². The van der Waals surface area contributed by atoms with Gasteiger partial charge in [-0.25, -0.2) is 0 Å². The minimum atomic E-state index is 0.543. The number of methoxy groups -OCH3 is 2. The van der Waals surface area contributed by atoms with Crippen molar-refractivity contribution in [1.82, 2.24) is 0 Å². The predicted octanol–water partition coefficient (Wildman–Crippen LogP) is 3.35. The quantitative estimate of drug-likeness (QED) is 0.640. The molecule has 5 nitrogen and oxygen atoms in total. The number of benzene rings is 2. The number of para-hydroxylation sites is 1. The van der Waals surface area contributed by atoms with Gasteiger partial charge in [-0.15, -0.1) is 0 Å². The number of ether oxygens (including phenoxy) is 4. The van der Waals surface area contributed by atoms with E-state index < -0.39 is 0 Å². The standard InChI is InChI=1S/C19H25NO4/c1-21-11-13-23-18-9-7-17(8-10-18)20-15-16-5-3-4-6-19(16)24-14-12-22-2/h3-10,20H,11-15H2,1-2H3. The van der Waals surface area contributed by atoms with Crippen LogP contribution in [0, 0.1) is 0 Å². The summed E-state index contributed by atoms with van der Waals surface area (Å²) >= 11 is 0. The van der Waals surface area contributed by atoms with Crippen molar-refractivity contribution in [3.8, 4) is 11.5 Å². The second-order valence-corrected chi connectivity index (χ2v) is 5.17. The van der Waals surface area contributed by atoms with Crippen LogP contribution in [-0.4, -0.2) is 40.6 Å². The third-order valence-corrected chi connectivity index (χ3v) is 3.41. The topological polar surface area (TPSA) is 49.0 Å². The Morgan fingerprint density at radius 1 is 0.750 bits per heavy atom. The fourth-order valence-electron chi connectivity index (χ4n) is 2.13. The Morgan fingerprint density at radius 2 is 1.42 bits per heavy atom. The maximum Gasteiger partial charge on any atom is 0.124 e. The average Bonchev–Trinajstić information content (AvgIpc) is 2.62. The number of hydrogen-bond donors (Lipinski definition) is 1. The Bertz CT molecular complexity index is 586. The predicted molar refractivity (Wildman–Crippen MR) is 95.0 cm³/mol. The molecular weight excluding hydrogens is 306 g/mol. The molecular formula is C19H25NO4. The van der Waals surface area contributed by atoms with Gasteiger partial charge in [-0.05, 0) is 30.3 Å². The Morgan fingerprint density at radius 3 is 2.12 bits per heavy atom. The second kappa shape index (κ2) is 10.5. The van der Waals surface area contributed by atoms with Crippen molar-refractivity contribution >= 4 is 5.69 Å². The lowest BCUT2D eigenvalue weighted by Crippen LogP contribution is -2.08. The van der Waals surface area contributed by atoms with Gasteiger partial charge >= 0.3 is 0 Å². The molecule has 1 N–H and O–H groups in total. The molecule has 24 heavy (non-hydrogen) atoms. The average molecular weight is 331 g/mol. The minimum absolute atomic E-state index is 0.543. The first-order valence-electron chi connectivity index (χ1n) is 7.99. The molecule has 0 aliphatic rings. The molecule has 0 bridgehead atoms. The first-order chi connectivity index (χ1) is 11.8. The fraction of sp³-hybridized carbons (Fsp3) is 0.368. The molecule has 0 heterocycles. The van der Waals surface area contributed by atoms with E-state index in [9.17, 15) is 0 Å². The highest BCUT2D eigenvalue weighted by Crippen LogP contribution is 2.21. The number of nitrogens with one attached hydrogen (secondary N) is 1. The maximum atomic E-state index is 5.74. The van der Waals surface area contributed by atoms with E-state index in [1.165, 1.54) is 0 Å². The molecule has 2 aromatic carbocycles. The van der Waals surface area contributed by atoms with Crippen LogP contribution in [0.5, 0.6) is 11.5 Å². The lowest BCUT2D eigenvalue weighted by molar-refractivity contribution is 0.146. The molecule has 0 amide bonds. The minimum Gasteiger partial charge on any atom is -0.491 e. The van der Waals surface area contributed by atoms with Crippen molar-refractivity contribution < 1.29 is 18.9 Å². The van der Waals surface area contributed by atoms with E-state index in [2.05, 4.69) is 11.4 Å². The van der Waals surface area contributed by atoms with Gasteiger partial charge in [0.1, 0.15) is 24.7 Å². The van der Waals surface area contributed by atoms with Crippen LogP contribution in [0.4, 0.5) is 5.69 Å². The highest BCUT2D eigenvalue weighted by molar-refractivity contribution is 5.47. The largest absolute Gasteiger partial charge is 0.491 e. The van der Waals surface area contributed by atoms with Crippen LogP contribution >= 0.6 is 0 Å². The highest BCUT2D eigenvalue weighted by atomic mass is 16.5. The van der Waals surface area contributed by atoms with Gasteiger partial charge in [-0.1, -0.05) is 18.2 Å². The zero-order valence-electron chi connectivity index (χ0n) is 14.3. The smallest absolute Gasteiger partial charge is 0.124 e. The summed E-state index contributed by atoms with van der Waals surface area (Å²) in [6.45, 7) is 2.94. The maximum absolute atomic E-state index is 5.74. The summed E-state index contributed by atoms with van der Waals surface area (Å²) in [5, 5.41) is 3.39. The zero-order valence-corrected chi connectivity index (χ0v) is 14.3. The summed E-state index contributed by atoms with van der Waals surface area (Å²) in [6.07, 6.45) is 0. The van der Waals surface area contributed by atoms with Gasteiger partial charge < -0.3 is 24.3 Å².